The number of carbonyl (C=O) groups excluding carboxylic acids is 1. The van der Waals surface area contributed by atoms with Crippen LogP contribution in [0, 0.1) is 0 Å². The highest BCUT2D eigenvalue weighted by Crippen LogP contribution is 2.33. The van der Waals surface area contributed by atoms with E-state index in [9.17, 15) is 14.4 Å². The van der Waals surface area contributed by atoms with Crippen molar-refractivity contribution in [1.29, 1.82) is 0 Å². The molecule has 2 N–H and O–H groups in total. The molecule has 0 bridgehead atoms. The molecular weight excluding hydrogens is 342 g/mol. The van der Waals surface area contributed by atoms with Gasteiger partial charge in [-0.05, 0) is 24.3 Å². The molecule has 1 aliphatic heterocycles. The molecule has 0 saturated carbocycles. The van der Waals surface area contributed by atoms with Crippen LogP contribution in [0.5, 0.6) is 0 Å². The predicted molar refractivity (Wildman–Crippen MR) is 86.5 cm³/mol. The molecule has 7 nitrogen and oxygen atoms in total. The second-order valence-corrected chi connectivity index (χ2v) is 6.08. The van der Waals surface area contributed by atoms with Gasteiger partial charge in [-0.25, -0.2) is 4.79 Å². The van der Waals surface area contributed by atoms with Crippen LogP contribution in [-0.2, 0) is 14.4 Å². The van der Waals surface area contributed by atoms with E-state index < -0.39 is 30.3 Å². The van der Waals surface area contributed by atoms with E-state index in [0.717, 1.165) is 16.7 Å². The lowest BCUT2D eigenvalue weighted by Gasteiger charge is -2.21. The zero-order valence-corrected chi connectivity index (χ0v) is 13.2. The molecule has 1 aromatic rings. The van der Waals surface area contributed by atoms with Gasteiger partial charge in [0.25, 0.3) is 5.91 Å². The smallest absolute Gasteiger partial charge is 0.327 e. The highest BCUT2D eigenvalue weighted by molar-refractivity contribution is 8.26. The molecule has 120 valence electrons. The first-order valence-corrected chi connectivity index (χ1v) is 7.54. The van der Waals surface area contributed by atoms with Crippen LogP contribution in [0.1, 0.15) is 12.2 Å². The van der Waals surface area contributed by atoms with Gasteiger partial charge in [-0.15, -0.1) is 0 Å². The number of hydrogen-bond acceptors (Lipinski definition) is 6. The molecule has 0 spiro atoms. The van der Waals surface area contributed by atoms with Crippen molar-refractivity contribution in [2.75, 3.05) is 0 Å². The lowest BCUT2D eigenvalue weighted by atomic mass is 10.2. The summed E-state index contributed by atoms with van der Waals surface area (Å²) in [4.78, 5) is 35.3. The Morgan fingerprint density at radius 2 is 2.17 bits per heavy atom. The van der Waals surface area contributed by atoms with Crippen molar-refractivity contribution in [2.24, 2.45) is 0 Å². The molecule has 0 aromatic carbocycles. The molecule has 0 aliphatic carbocycles. The van der Waals surface area contributed by atoms with Gasteiger partial charge in [0.05, 0.1) is 17.6 Å². The van der Waals surface area contributed by atoms with Crippen molar-refractivity contribution in [1.82, 2.24) is 4.90 Å². The van der Waals surface area contributed by atoms with Gasteiger partial charge >= 0.3 is 11.9 Å². The number of furan rings is 1. The van der Waals surface area contributed by atoms with Gasteiger partial charge in [0.1, 0.15) is 16.1 Å². The van der Waals surface area contributed by atoms with E-state index in [4.69, 9.17) is 26.8 Å². The second kappa shape index (κ2) is 7.25. The highest BCUT2D eigenvalue weighted by Gasteiger charge is 2.41. The lowest BCUT2D eigenvalue weighted by molar-refractivity contribution is -0.150. The quantitative estimate of drug-likeness (QED) is 0.590. The van der Waals surface area contributed by atoms with E-state index in [2.05, 4.69) is 0 Å². The van der Waals surface area contributed by atoms with E-state index in [1.807, 2.05) is 0 Å². The number of nitrogens with zero attached hydrogens (tertiary/aromatic N) is 1. The van der Waals surface area contributed by atoms with E-state index in [-0.39, 0.29) is 9.23 Å². The number of rotatable bonds is 6. The van der Waals surface area contributed by atoms with Crippen LogP contribution in [-0.4, -0.2) is 43.3 Å². The van der Waals surface area contributed by atoms with Gasteiger partial charge in [0.15, 0.2) is 0 Å². The molecule has 1 fully saturated rings. The normalized spacial score (nSPS) is 18.1. The maximum atomic E-state index is 12.3. The van der Waals surface area contributed by atoms with Gasteiger partial charge < -0.3 is 14.6 Å². The van der Waals surface area contributed by atoms with Crippen LogP contribution < -0.4 is 0 Å². The number of carboxylic acid groups (broad SMARTS) is 2. The first-order chi connectivity index (χ1) is 10.9. The Kier molecular flexibility index (Phi) is 5.35. The van der Waals surface area contributed by atoms with Crippen molar-refractivity contribution in [2.45, 2.75) is 12.5 Å². The Labute approximate surface area is 140 Å². The average molecular weight is 353 g/mol. The van der Waals surface area contributed by atoms with Crippen molar-refractivity contribution < 1.29 is 29.0 Å². The Morgan fingerprint density at radius 1 is 1.43 bits per heavy atom. The Morgan fingerprint density at radius 3 is 2.74 bits per heavy atom. The van der Waals surface area contributed by atoms with E-state index in [1.54, 1.807) is 24.3 Å². The topological polar surface area (TPSA) is 108 Å². The predicted octanol–water partition coefficient (Wildman–Crippen LogP) is 1.96. The Balaban J connectivity index is 2.18. The summed E-state index contributed by atoms with van der Waals surface area (Å²) in [5.74, 6) is -2.78. The fraction of sp³-hybridized carbons (Fsp3) is 0.143. The number of hydrogen-bond donors (Lipinski definition) is 2. The average Bonchev–Trinajstić information content (AvgIpc) is 3.06. The molecular formula is C14H11NO6S2. The fourth-order valence-electron chi connectivity index (χ4n) is 1.83. The summed E-state index contributed by atoms with van der Waals surface area (Å²) in [5, 5.41) is 17.9. The van der Waals surface area contributed by atoms with Crippen LogP contribution in [0.3, 0.4) is 0 Å². The minimum absolute atomic E-state index is 0.0151. The number of aliphatic carboxylic acids is 2. The monoisotopic (exact) mass is 353 g/mol. The molecule has 9 heteroatoms. The van der Waals surface area contributed by atoms with Crippen molar-refractivity contribution >= 4 is 52.2 Å². The number of carboxylic acids is 2. The number of amides is 1. The maximum absolute atomic E-state index is 12.3. The number of thioether (sulfide) groups is 1. The standard InChI is InChI=1S/C14H11NO6S2/c16-11(17)7-9(13(19)20)15-12(18)10(23-14(15)22)5-1-3-8-4-2-6-21-8/h1-6,9H,7H2,(H,16,17)(H,19,20)/b3-1+,10-5+/t9-/m0/s1. The van der Waals surface area contributed by atoms with Crippen LogP contribution in [0.4, 0.5) is 0 Å². The van der Waals surface area contributed by atoms with Crippen molar-refractivity contribution in [3.8, 4) is 0 Å². The fourth-order valence-corrected chi connectivity index (χ4v) is 3.14. The second-order valence-electron chi connectivity index (χ2n) is 4.40. The minimum atomic E-state index is -1.53. The third-order valence-electron chi connectivity index (χ3n) is 2.84. The third kappa shape index (κ3) is 4.08. The Bertz CT molecular complexity index is 707. The lowest BCUT2D eigenvalue weighted by Crippen LogP contribution is -2.45. The third-order valence-corrected chi connectivity index (χ3v) is 4.19. The molecule has 2 rings (SSSR count). The van der Waals surface area contributed by atoms with Crippen LogP contribution >= 0.6 is 24.0 Å². The molecule has 1 aliphatic rings. The Hall–Kier alpha value is -2.39. The number of thiocarbonyl (C=S) groups is 1. The maximum Gasteiger partial charge on any atom is 0.327 e. The minimum Gasteiger partial charge on any atom is -0.481 e. The first-order valence-electron chi connectivity index (χ1n) is 6.32. The summed E-state index contributed by atoms with van der Waals surface area (Å²) in [6.45, 7) is 0. The summed E-state index contributed by atoms with van der Waals surface area (Å²) in [6.07, 6.45) is 5.44. The first kappa shape index (κ1) is 17.0. The summed E-state index contributed by atoms with van der Waals surface area (Å²) in [5.41, 5.74) is 0. The molecule has 1 saturated heterocycles. The zero-order valence-electron chi connectivity index (χ0n) is 11.5. The summed E-state index contributed by atoms with van der Waals surface area (Å²) in [6, 6.07) is 1.91. The van der Waals surface area contributed by atoms with Crippen LogP contribution in [0.2, 0.25) is 0 Å². The molecule has 23 heavy (non-hydrogen) atoms. The summed E-state index contributed by atoms with van der Waals surface area (Å²) >= 11 is 5.92. The summed E-state index contributed by atoms with van der Waals surface area (Å²) in [7, 11) is 0. The largest absolute Gasteiger partial charge is 0.481 e. The zero-order chi connectivity index (χ0) is 17.0. The van der Waals surface area contributed by atoms with E-state index in [1.165, 1.54) is 12.3 Å². The molecule has 1 aromatic heterocycles. The van der Waals surface area contributed by atoms with Gasteiger partial charge in [0, 0.05) is 0 Å². The van der Waals surface area contributed by atoms with E-state index in [0.29, 0.717) is 5.76 Å². The van der Waals surface area contributed by atoms with E-state index >= 15 is 0 Å². The van der Waals surface area contributed by atoms with Gasteiger partial charge in [0.2, 0.25) is 0 Å². The molecule has 2 heterocycles. The SMILES string of the molecule is O=C(O)C[C@@H](C(=O)O)N1C(=O)/C(=C\C=C\c2ccco2)SC1=S. The number of allylic oxidation sites excluding steroid dienone is 2. The molecule has 0 radical (unpaired) electrons. The molecule has 1 amide bonds. The van der Waals surface area contributed by atoms with Gasteiger partial charge in [-0.1, -0.05) is 30.1 Å². The van der Waals surface area contributed by atoms with Crippen LogP contribution in [0.15, 0.2) is 39.9 Å². The highest BCUT2D eigenvalue weighted by atomic mass is 32.2. The molecule has 0 unspecified atom stereocenters. The van der Waals surface area contributed by atoms with Gasteiger partial charge in [-0.2, -0.15) is 0 Å². The van der Waals surface area contributed by atoms with Gasteiger partial charge in [-0.3, -0.25) is 14.5 Å². The number of carbonyl (C=O) groups is 3. The van der Waals surface area contributed by atoms with Crippen LogP contribution in [0.25, 0.3) is 6.08 Å². The summed E-state index contributed by atoms with van der Waals surface area (Å²) < 4.78 is 5.11. The van der Waals surface area contributed by atoms with Crippen molar-refractivity contribution in [3.05, 3.63) is 41.2 Å². The van der Waals surface area contributed by atoms with Crippen molar-refractivity contribution in [3.63, 3.8) is 0 Å². The molecule has 1 atom stereocenters.